The Balaban J connectivity index is 1.31. The van der Waals surface area contributed by atoms with E-state index in [4.69, 9.17) is 19.2 Å². The van der Waals surface area contributed by atoms with Gasteiger partial charge in [-0.25, -0.2) is 4.98 Å². The normalized spacial score (nSPS) is 23.9. The van der Waals surface area contributed by atoms with Gasteiger partial charge in [-0.2, -0.15) is 0 Å². The molecule has 3 aromatic carbocycles. The third-order valence-electron chi connectivity index (χ3n) is 8.51. The number of ether oxygens (including phenoxy) is 3. The van der Waals surface area contributed by atoms with Gasteiger partial charge in [0.05, 0.1) is 24.5 Å². The number of fused-ring (bicyclic) bond motifs is 1. The van der Waals surface area contributed by atoms with Crippen molar-refractivity contribution in [3.63, 3.8) is 0 Å². The van der Waals surface area contributed by atoms with E-state index >= 15 is 0 Å². The highest BCUT2D eigenvalue weighted by Gasteiger charge is 2.46. The van der Waals surface area contributed by atoms with E-state index in [1.165, 1.54) is 32.1 Å². The highest BCUT2D eigenvalue weighted by atomic mass is 32.1. The molecule has 8 rings (SSSR count). The first-order chi connectivity index (χ1) is 18.2. The smallest absolute Gasteiger partial charge is 0.146 e. The Bertz CT molecular complexity index is 1460. The predicted molar refractivity (Wildman–Crippen MR) is 149 cm³/mol. The Hall–Kier alpha value is -3.31. The lowest BCUT2D eigenvalue weighted by atomic mass is 9.54. The van der Waals surface area contributed by atoms with E-state index in [2.05, 4.69) is 18.2 Å². The van der Waals surface area contributed by atoms with Crippen LogP contribution in [0.1, 0.15) is 37.7 Å². The lowest BCUT2D eigenvalue weighted by molar-refractivity contribution is 0.0675. The number of para-hydroxylation sites is 2. The van der Waals surface area contributed by atoms with Crippen molar-refractivity contribution in [1.29, 1.82) is 0 Å². The van der Waals surface area contributed by atoms with Gasteiger partial charge in [0.2, 0.25) is 0 Å². The Morgan fingerprint density at radius 2 is 1.51 bits per heavy atom. The molecule has 0 amide bonds. The van der Waals surface area contributed by atoms with E-state index in [1.54, 1.807) is 24.0 Å². The molecule has 5 heteroatoms. The molecule has 4 saturated carbocycles. The molecule has 0 unspecified atom stereocenters. The monoisotopic (exact) mass is 509 g/mol. The molecule has 0 radical (unpaired) electrons. The zero-order chi connectivity index (χ0) is 24.9. The first-order valence-corrected chi connectivity index (χ1v) is 14.1. The van der Waals surface area contributed by atoms with E-state index in [9.17, 15) is 0 Å². The molecule has 1 aromatic heterocycles. The average molecular weight is 510 g/mol. The summed E-state index contributed by atoms with van der Waals surface area (Å²) in [6.45, 7) is 0. The van der Waals surface area contributed by atoms with Gasteiger partial charge < -0.3 is 14.2 Å². The van der Waals surface area contributed by atoms with Crippen LogP contribution in [0.25, 0.3) is 26.5 Å². The molecule has 1 heterocycles. The second-order valence-corrected chi connectivity index (χ2v) is 11.8. The second kappa shape index (κ2) is 9.21. The van der Waals surface area contributed by atoms with Crippen LogP contribution >= 0.6 is 11.3 Å². The number of rotatable bonds is 6. The number of aromatic nitrogens is 1. The molecule has 4 nitrogen and oxygen atoms in total. The molecule has 4 fully saturated rings. The number of nitrogens with zero attached hydrogens (tertiary/aromatic N) is 1. The predicted octanol–water partition coefficient (Wildman–Crippen LogP) is 8.58. The summed E-state index contributed by atoms with van der Waals surface area (Å²) in [4.78, 5) is 5.02. The van der Waals surface area contributed by atoms with Crippen molar-refractivity contribution in [2.75, 3.05) is 14.2 Å². The SMILES string of the molecule is COC(=C1C2CC3CC(C2)CC1C3)c1cc(OC)c2nc(-c3ccccc3Oc3ccccc3)sc2c1. The number of methoxy groups -OCH3 is 2. The number of thiazole rings is 1. The quantitative estimate of drug-likeness (QED) is 0.244. The first-order valence-electron chi connectivity index (χ1n) is 13.3. The maximum Gasteiger partial charge on any atom is 0.146 e. The second-order valence-electron chi connectivity index (χ2n) is 10.7. The summed E-state index contributed by atoms with van der Waals surface area (Å²) in [6, 6.07) is 22.3. The molecule has 37 heavy (non-hydrogen) atoms. The number of allylic oxidation sites excluding steroid dienone is 1. The van der Waals surface area contributed by atoms with Crippen LogP contribution < -0.4 is 9.47 Å². The van der Waals surface area contributed by atoms with Crippen LogP contribution in [0.5, 0.6) is 17.2 Å². The fourth-order valence-electron chi connectivity index (χ4n) is 7.21. The zero-order valence-corrected chi connectivity index (χ0v) is 22.1. The van der Waals surface area contributed by atoms with Crippen LogP contribution in [-0.4, -0.2) is 19.2 Å². The summed E-state index contributed by atoms with van der Waals surface area (Å²) in [5.74, 6) is 6.64. The van der Waals surface area contributed by atoms with Gasteiger partial charge in [-0.05, 0) is 97.7 Å². The summed E-state index contributed by atoms with van der Waals surface area (Å²) in [5.41, 5.74) is 4.52. The summed E-state index contributed by atoms with van der Waals surface area (Å²) in [5, 5.41) is 0.915. The van der Waals surface area contributed by atoms with Gasteiger partial charge in [0.1, 0.15) is 33.5 Å². The average Bonchev–Trinajstić information content (AvgIpc) is 3.35. The minimum absolute atomic E-state index is 0.673. The number of hydrogen-bond donors (Lipinski definition) is 0. The van der Waals surface area contributed by atoms with E-state index < -0.39 is 0 Å². The molecular formula is C32H31NO3S. The Morgan fingerprint density at radius 3 is 2.22 bits per heavy atom. The van der Waals surface area contributed by atoms with Gasteiger partial charge in [-0.15, -0.1) is 11.3 Å². The standard InChI is InChI=1S/C32H31NO3S/c1-34-27-17-23(31(35-2)29-21-13-19-12-20(15-21)16-22(29)14-19)18-28-30(27)33-32(37-28)25-10-6-7-11-26(25)36-24-8-4-3-5-9-24/h3-11,17-22H,12-16H2,1-2H3. The van der Waals surface area contributed by atoms with Crippen molar-refractivity contribution >= 4 is 27.3 Å². The number of benzene rings is 3. The molecule has 4 aromatic rings. The van der Waals surface area contributed by atoms with Crippen LogP contribution in [-0.2, 0) is 4.74 Å². The topological polar surface area (TPSA) is 40.6 Å². The van der Waals surface area contributed by atoms with Gasteiger partial charge in [-0.3, -0.25) is 0 Å². The minimum Gasteiger partial charge on any atom is -0.496 e. The van der Waals surface area contributed by atoms with Crippen molar-refractivity contribution < 1.29 is 14.2 Å². The van der Waals surface area contributed by atoms with Crippen molar-refractivity contribution in [1.82, 2.24) is 4.98 Å². The summed E-state index contributed by atoms with van der Waals surface area (Å²) in [7, 11) is 3.56. The van der Waals surface area contributed by atoms with Gasteiger partial charge >= 0.3 is 0 Å². The highest BCUT2D eigenvalue weighted by molar-refractivity contribution is 7.21. The fourth-order valence-corrected chi connectivity index (χ4v) is 8.27. The lowest BCUT2D eigenvalue weighted by Crippen LogP contribution is -2.40. The summed E-state index contributed by atoms with van der Waals surface area (Å²) < 4.78 is 19.4. The van der Waals surface area contributed by atoms with Crippen molar-refractivity contribution in [3.8, 4) is 27.8 Å². The molecule has 4 aliphatic rings. The zero-order valence-electron chi connectivity index (χ0n) is 21.3. The van der Waals surface area contributed by atoms with Crippen LogP contribution in [0, 0.1) is 23.7 Å². The van der Waals surface area contributed by atoms with Gasteiger partial charge in [-0.1, -0.05) is 30.3 Å². The maximum absolute atomic E-state index is 6.24. The maximum atomic E-state index is 6.24. The van der Waals surface area contributed by atoms with Crippen molar-refractivity contribution in [2.45, 2.75) is 32.1 Å². The van der Waals surface area contributed by atoms with Crippen LogP contribution in [0.4, 0.5) is 0 Å². The summed E-state index contributed by atoms with van der Waals surface area (Å²) >= 11 is 1.67. The van der Waals surface area contributed by atoms with Gasteiger partial charge in [0, 0.05) is 5.56 Å². The first kappa shape index (κ1) is 22.9. The van der Waals surface area contributed by atoms with E-state index in [0.29, 0.717) is 11.8 Å². The molecule has 4 aliphatic carbocycles. The Kier molecular flexibility index (Phi) is 5.69. The molecule has 0 aliphatic heterocycles. The molecule has 0 spiro atoms. The highest BCUT2D eigenvalue weighted by Crippen LogP contribution is 2.58. The molecule has 0 atom stereocenters. The molecule has 0 N–H and O–H groups in total. The van der Waals surface area contributed by atoms with E-state index in [1.807, 2.05) is 55.6 Å². The lowest BCUT2D eigenvalue weighted by Gasteiger charge is -2.51. The number of hydrogen-bond acceptors (Lipinski definition) is 5. The largest absolute Gasteiger partial charge is 0.496 e. The van der Waals surface area contributed by atoms with Crippen LogP contribution in [0.2, 0.25) is 0 Å². The molecule has 188 valence electrons. The van der Waals surface area contributed by atoms with Crippen LogP contribution in [0.3, 0.4) is 0 Å². The molecular weight excluding hydrogens is 478 g/mol. The van der Waals surface area contributed by atoms with Crippen molar-refractivity contribution in [2.24, 2.45) is 23.7 Å². The van der Waals surface area contributed by atoms with Crippen molar-refractivity contribution in [3.05, 3.63) is 77.9 Å². The van der Waals surface area contributed by atoms with Gasteiger partial charge in [0.25, 0.3) is 0 Å². The summed E-state index contributed by atoms with van der Waals surface area (Å²) in [6.07, 6.45) is 6.77. The van der Waals surface area contributed by atoms with Gasteiger partial charge in [0.15, 0.2) is 0 Å². The Labute approximate surface area is 221 Å². The molecule has 4 bridgehead atoms. The Morgan fingerprint density at radius 1 is 0.811 bits per heavy atom. The fraction of sp³-hybridized carbons (Fsp3) is 0.344. The minimum atomic E-state index is 0.673. The third-order valence-corrected chi connectivity index (χ3v) is 9.55. The molecule has 0 saturated heterocycles. The van der Waals surface area contributed by atoms with Crippen LogP contribution in [0.15, 0.2) is 72.3 Å². The third kappa shape index (κ3) is 4.00. The van der Waals surface area contributed by atoms with E-state index in [0.717, 1.165) is 61.2 Å². The van der Waals surface area contributed by atoms with E-state index in [-0.39, 0.29) is 0 Å².